The molecule has 1 saturated carbocycles. The van der Waals surface area contributed by atoms with Crippen LogP contribution in [0.1, 0.15) is 51.9 Å². The van der Waals surface area contributed by atoms with Gasteiger partial charge in [-0.2, -0.15) is 0 Å². The Bertz CT molecular complexity index is 467. The average molecular weight is 305 g/mol. The molecule has 0 unspecified atom stereocenters. The number of hydrogen-bond donors (Lipinski definition) is 1. The van der Waals surface area contributed by atoms with Crippen LogP contribution in [0, 0.1) is 0 Å². The molecule has 22 heavy (non-hydrogen) atoms. The van der Waals surface area contributed by atoms with Gasteiger partial charge in [-0.3, -0.25) is 4.79 Å². The highest BCUT2D eigenvalue weighted by Gasteiger charge is 2.19. The first kappa shape index (κ1) is 16.7. The van der Waals surface area contributed by atoms with Gasteiger partial charge in [0.15, 0.2) is 6.10 Å². The Labute approximate surface area is 133 Å². The zero-order valence-electron chi connectivity index (χ0n) is 13.6. The van der Waals surface area contributed by atoms with Gasteiger partial charge in [-0.1, -0.05) is 38.2 Å². The number of carbonyl (C=O) groups excluding carboxylic acids is 1. The van der Waals surface area contributed by atoms with E-state index in [1.807, 2.05) is 18.2 Å². The molecule has 122 valence electrons. The summed E-state index contributed by atoms with van der Waals surface area (Å²) in [6.07, 6.45) is 7.96. The van der Waals surface area contributed by atoms with E-state index >= 15 is 0 Å². The Hall–Kier alpha value is -1.71. The quantitative estimate of drug-likeness (QED) is 0.902. The third kappa shape index (κ3) is 5.24. The number of nitrogens with one attached hydrogen (secondary N) is 1. The van der Waals surface area contributed by atoms with E-state index in [9.17, 15) is 4.79 Å². The molecule has 0 heterocycles. The molecule has 1 aliphatic carbocycles. The molecule has 1 aromatic rings. The molecule has 2 rings (SSSR count). The van der Waals surface area contributed by atoms with Crippen molar-refractivity contribution in [3.8, 4) is 11.5 Å². The minimum atomic E-state index is -0.502. The van der Waals surface area contributed by atoms with Crippen LogP contribution >= 0.6 is 0 Å². The smallest absolute Gasteiger partial charge is 0.260 e. The molecule has 0 bridgehead atoms. The molecule has 4 heteroatoms. The summed E-state index contributed by atoms with van der Waals surface area (Å²) in [4.78, 5) is 12.3. The minimum absolute atomic E-state index is 0.0339. The van der Waals surface area contributed by atoms with Crippen LogP contribution in [0.5, 0.6) is 11.5 Å². The maximum atomic E-state index is 12.3. The molecule has 1 N–H and O–H groups in total. The molecular weight excluding hydrogens is 278 g/mol. The van der Waals surface area contributed by atoms with Crippen molar-refractivity contribution in [1.29, 1.82) is 0 Å². The summed E-state index contributed by atoms with van der Waals surface area (Å²) in [7, 11) is 1.61. The number of carbonyl (C=O) groups is 1. The van der Waals surface area contributed by atoms with Gasteiger partial charge >= 0.3 is 0 Å². The fourth-order valence-electron chi connectivity index (χ4n) is 2.85. The Morgan fingerprint density at radius 1 is 1.14 bits per heavy atom. The second kappa shape index (κ2) is 8.66. The van der Waals surface area contributed by atoms with Crippen molar-refractivity contribution in [3.63, 3.8) is 0 Å². The lowest BCUT2D eigenvalue weighted by Crippen LogP contribution is -2.42. The molecule has 0 radical (unpaired) electrons. The van der Waals surface area contributed by atoms with E-state index in [0.717, 1.165) is 18.6 Å². The third-order valence-corrected chi connectivity index (χ3v) is 4.17. The molecule has 0 aromatic heterocycles. The molecule has 1 amide bonds. The van der Waals surface area contributed by atoms with Crippen molar-refractivity contribution in [1.82, 2.24) is 5.32 Å². The first-order valence-electron chi connectivity index (χ1n) is 8.30. The van der Waals surface area contributed by atoms with Crippen molar-refractivity contribution < 1.29 is 14.3 Å². The zero-order valence-corrected chi connectivity index (χ0v) is 13.6. The van der Waals surface area contributed by atoms with Crippen LogP contribution in [0.25, 0.3) is 0 Å². The number of hydrogen-bond acceptors (Lipinski definition) is 3. The summed E-state index contributed by atoms with van der Waals surface area (Å²) in [5, 5.41) is 3.14. The first-order chi connectivity index (χ1) is 10.7. The molecule has 1 fully saturated rings. The lowest BCUT2D eigenvalue weighted by atomic mass is 9.96. The molecule has 0 spiro atoms. The number of benzene rings is 1. The van der Waals surface area contributed by atoms with E-state index in [0.29, 0.717) is 11.8 Å². The van der Waals surface area contributed by atoms with Crippen LogP contribution < -0.4 is 14.8 Å². The van der Waals surface area contributed by atoms with Crippen molar-refractivity contribution >= 4 is 5.91 Å². The van der Waals surface area contributed by atoms with Crippen LogP contribution in [-0.2, 0) is 4.79 Å². The molecule has 1 aromatic carbocycles. The summed E-state index contributed by atoms with van der Waals surface area (Å²) < 4.78 is 10.9. The highest BCUT2D eigenvalue weighted by Crippen LogP contribution is 2.20. The van der Waals surface area contributed by atoms with Crippen molar-refractivity contribution in [2.45, 2.75) is 64.0 Å². The number of methoxy groups -OCH3 is 1. The van der Waals surface area contributed by atoms with Crippen molar-refractivity contribution in [3.05, 3.63) is 24.3 Å². The monoisotopic (exact) mass is 305 g/mol. The van der Waals surface area contributed by atoms with Crippen LogP contribution in [-0.4, -0.2) is 25.2 Å². The summed E-state index contributed by atoms with van der Waals surface area (Å²) in [5.74, 6) is 1.35. The maximum absolute atomic E-state index is 12.3. The predicted octanol–water partition coefficient (Wildman–Crippen LogP) is 3.69. The summed E-state index contributed by atoms with van der Waals surface area (Å²) in [6.45, 7) is 1.79. The Morgan fingerprint density at radius 3 is 2.45 bits per heavy atom. The van der Waals surface area contributed by atoms with E-state index in [2.05, 4.69) is 5.32 Å². The van der Waals surface area contributed by atoms with Crippen LogP contribution in [0.3, 0.4) is 0 Å². The van der Waals surface area contributed by atoms with Crippen molar-refractivity contribution in [2.24, 2.45) is 0 Å². The number of ether oxygens (including phenoxy) is 2. The molecule has 0 saturated heterocycles. The predicted molar refractivity (Wildman–Crippen MR) is 87.3 cm³/mol. The van der Waals surface area contributed by atoms with Gasteiger partial charge < -0.3 is 14.8 Å². The minimum Gasteiger partial charge on any atom is -0.497 e. The van der Waals surface area contributed by atoms with Crippen LogP contribution in [0.4, 0.5) is 0 Å². The first-order valence-corrected chi connectivity index (χ1v) is 8.30. The molecule has 4 nitrogen and oxygen atoms in total. The average Bonchev–Trinajstić information content (AvgIpc) is 2.49. The Balaban J connectivity index is 1.85. The van der Waals surface area contributed by atoms with E-state index < -0.39 is 6.10 Å². The van der Waals surface area contributed by atoms with E-state index in [-0.39, 0.29) is 5.91 Å². The van der Waals surface area contributed by atoms with Gasteiger partial charge in [0.05, 0.1) is 7.11 Å². The second-order valence-electron chi connectivity index (χ2n) is 5.99. The summed E-state index contributed by atoms with van der Waals surface area (Å²) in [6, 6.07) is 7.63. The van der Waals surface area contributed by atoms with Gasteiger partial charge in [0, 0.05) is 12.1 Å². The fraction of sp³-hybridized carbons (Fsp3) is 0.611. The highest BCUT2D eigenvalue weighted by atomic mass is 16.5. The van der Waals surface area contributed by atoms with Crippen LogP contribution in [0.15, 0.2) is 24.3 Å². The van der Waals surface area contributed by atoms with Gasteiger partial charge in [0.2, 0.25) is 0 Å². The lowest BCUT2D eigenvalue weighted by molar-refractivity contribution is -0.128. The summed E-state index contributed by atoms with van der Waals surface area (Å²) in [5.41, 5.74) is 0. The molecule has 1 aliphatic rings. The van der Waals surface area contributed by atoms with E-state index in [1.165, 1.54) is 32.1 Å². The van der Waals surface area contributed by atoms with Crippen LogP contribution in [0.2, 0.25) is 0 Å². The summed E-state index contributed by atoms with van der Waals surface area (Å²) >= 11 is 0. The van der Waals surface area contributed by atoms with E-state index in [1.54, 1.807) is 20.1 Å². The standard InChI is InChI=1S/C18H27NO3/c1-14(22-17-12-8-11-16(13-17)21-2)18(20)19-15-9-6-4-3-5-7-10-15/h8,11-15H,3-7,9-10H2,1-2H3,(H,19,20)/t14-/m0/s1. The zero-order chi connectivity index (χ0) is 15.8. The fourth-order valence-corrected chi connectivity index (χ4v) is 2.85. The van der Waals surface area contributed by atoms with Gasteiger partial charge in [-0.15, -0.1) is 0 Å². The van der Waals surface area contributed by atoms with Gasteiger partial charge in [0.1, 0.15) is 11.5 Å². The SMILES string of the molecule is COc1cccc(O[C@@H](C)C(=O)NC2CCCCCCC2)c1. The second-order valence-corrected chi connectivity index (χ2v) is 5.99. The normalized spacial score (nSPS) is 17.9. The number of rotatable bonds is 5. The maximum Gasteiger partial charge on any atom is 0.260 e. The van der Waals surface area contributed by atoms with E-state index in [4.69, 9.17) is 9.47 Å². The lowest BCUT2D eigenvalue weighted by Gasteiger charge is -2.23. The van der Waals surface area contributed by atoms with Crippen molar-refractivity contribution in [2.75, 3.05) is 7.11 Å². The van der Waals surface area contributed by atoms with Gasteiger partial charge in [0.25, 0.3) is 5.91 Å². The molecule has 0 aliphatic heterocycles. The Morgan fingerprint density at radius 2 is 1.77 bits per heavy atom. The largest absolute Gasteiger partial charge is 0.497 e. The topological polar surface area (TPSA) is 47.6 Å². The third-order valence-electron chi connectivity index (χ3n) is 4.17. The van der Waals surface area contributed by atoms with Gasteiger partial charge in [-0.25, -0.2) is 0 Å². The molecule has 1 atom stereocenters. The number of amides is 1. The molecular formula is C18H27NO3. The highest BCUT2D eigenvalue weighted by molar-refractivity contribution is 5.81. The van der Waals surface area contributed by atoms with Gasteiger partial charge in [-0.05, 0) is 31.9 Å². The Kier molecular flexibility index (Phi) is 6.56.